The molecule has 1 aliphatic rings. The molecule has 3 N–H and O–H groups in total. The summed E-state index contributed by atoms with van der Waals surface area (Å²) < 4.78 is 13.1. The molecule has 2 heterocycles. The molecule has 4 rings (SSSR count). The molecule has 10 heteroatoms. The summed E-state index contributed by atoms with van der Waals surface area (Å²) in [6.07, 6.45) is 1.97. The lowest BCUT2D eigenvalue weighted by Crippen LogP contribution is -2.37. The molecule has 0 saturated carbocycles. The van der Waals surface area contributed by atoms with Crippen LogP contribution < -0.4 is 15.8 Å². The number of hydrogen-bond donors (Lipinski definition) is 2. The number of aromatic nitrogens is 3. The highest BCUT2D eigenvalue weighted by Gasteiger charge is 2.28. The van der Waals surface area contributed by atoms with E-state index in [0.717, 1.165) is 36.3 Å². The predicted molar refractivity (Wildman–Crippen MR) is 124 cm³/mol. The lowest BCUT2D eigenvalue weighted by Gasteiger charge is -2.18. The maximum Gasteiger partial charge on any atom is 0.318 e. The molecule has 1 saturated heterocycles. The first-order chi connectivity index (χ1) is 16.0. The van der Waals surface area contributed by atoms with Crippen LogP contribution in [0.25, 0.3) is 11.4 Å². The molecule has 0 unspecified atom stereocenters. The van der Waals surface area contributed by atoms with E-state index in [9.17, 15) is 9.59 Å². The van der Waals surface area contributed by atoms with E-state index in [4.69, 9.17) is 15.2 Å². The Morgan fingerprint density at radius 3 is 2.61 bits per heavy atom. The second-order valence-electron chi connectivity index (χ2n) is 7.54. The molecular weight excluding hydrogens is 442 g/mol. The number of methoxy groups -OCH3 is 1. The molecule has 0 radical (unpaired) electrons. The van der Waals surface area contributed by atoms with Crippen LogP contribution in [0.15, 0.2) is 59.8 Å². The van der Waals surface area contributed by atoms with Gasteiger partial charge in [-0.25, -0.2) is 4.79 Å². The molecule has 9 nitrogen and oxygen atoms in total. The van der Waals surface area contributed by atoms with Crippen molar-refractivity contribution in [1.29, 1.82) is 0 Å². The van der Waals surface area contributed by atoms with E-state index in [-0.39, 0.29) is 6.10 Å². The summed E-state index contributed by atoms with van der Waals surface area (Å²) in [6.45, 7) is 1.27. The lowest BCUT2D eigenvalue weighted by atomic mass is 10.1. The van der Waals surface area contributed by atoms with Crippen LogP contribution in [0.3, 0.4) is 0 Å². The highest BCUT2D eigenvalue weighted by Crippen LogP contribution is 2.37. The number of nitrogens with two attached hydrogens (primary N) is 1. The van der Waals surface area contributed by atoms with Gasteiger partial charge in [-0.15, -0.1) is 10.2 Å². The third kappa shape index (κ3) is 5.52. The number of imide groups is 1. The standard InChI is InChI=1S/C23H25N5O4S/c1-31-17-11-9-16(10-12-17)20-26-27-23(28(20)14-18-8-5-13-32-18)33-19(21(29)25-22(24)30)15-6-3-2-4-7-15/h2-4,6-7,9-12,18-19H,5,8,13-14H2,1H3,(H3,24,25,29,30)/t18-,19+/m1/s1. The summed E-state index contributed by atoms with van der Waals surface area (Å²) in [5.41, 5.74) is 6.79. The molecule has 3 amide bonds. The molecule has 2 aromatic carbocycles. The van der Waals surface area contributed by atoms with Crippen LogP contribution >= 0.6 is 11.8 Å². The van der Waals surface area contributed by atoms with E-state index in [1.54, 1.807) is 7.11 Å². The Morgan fingerprint density at radius 2 is 1.97 bits per heavy atom. The van der Waals surface area contributed by atoms with Gasteiger partial charge in [0.1, 0.15) is 11.0 Å². The van der Waals surface area contributed by atoms with E-state index in [1.807, 2.05) is 59.2 Å². The van der Waals surface area contributed by atoms with Crippen LogP contribution in [-0.2, 0) is 16.1 Å². The van der Waals surface area contributed by atoms with Crippen molar-refractivity contribution in [2.75, 3.05) is 13.7 Å². The molecule has 1 fully saturated rings. The molecular formula is C23H25N5O4S. The van der Waals surface area contributed by atoms with Gasteiger partial charge in [0.05, 0.1) is 19.8 Å². The second-order valence-corrected chi connectivity index (χ2v) is 8.61. The summed E-state index contributed by atoms with van der Waals surface area (Å²) in [5.74, 6) is 0.889. The first kappa shape index (κ1) is 22.8. The quantitative estimate of drug-likeness (QED) is 0.488. The second kappa shape index (κ2) is 10.5. The summed E-state index contributed by atoms with van der Waals surface area (Å²) in [7, 11) is 1.62. The minimum Gasteiger partial charge on any atom is -0.497 e. The van der Waals surface area contributed by atoms with Gasteiger partial charge >= 0.3 is 6.03 Å². The van der Waals surface area contributed by atoms with Crippen LogP contribution in [-0.4, -0.2) is 46.5 Å². The van der Waals surface area contributed by atoms with Gasteiger partial charge in [0.15, 0.2) is 11.0 Å². The SMILES string of the molecule is COc1ccc(-c2nnc(S[C@H](C(=O)NC(N)=O)c3ccccc3)n2C[C@H]2CCCO2)cc1. The highest BCUT2D eigenvalue weighted by atomic mass is 32.2. The zero-order valence-electron chi connectivity index (χ0n) is 18.1. The van der Waals surface area contributed by atoms with Crippen LogP contribution in [0, 0.1) is 0 Å². The number of primary amides is 1. The van der Waals surface area contributed by atoms with Crippen molar-refractivity contribution in [1.82, 2.24) is 20.1 Å². The number of hydrogen-bond acceptors (Lipinski definition) is 7. The molecule has 1 aliphatic heterocycles. The Labute approximate surface area is 195 Å². The zero-order valence-corrected chi connectivity index (χ0v) is 19.0. The van der Waals surface area contributed by atoms with E-state index in [2.05, 4.69) is 15.5 Å². The molecule has 0 bridgehead atoms. The molecule has 3 aromatic rings. The number of carbonyl (C=O) groups is 2. The summed E-state index contributed by atoms with van der Waals surface area (Å²) in [5, 5.41) is 10.8. The first-order valence-corrected chi connectivity index (χ1v) is 11.4. The smallest absolute Gasteiger partial charge is 0.318 e. The van der Waals surface area contributed by atoms with E-state index in [0.29, 0.717) is 17.5 Å². The largest absolute Gasteiger partial charge is 0.497 e. The van der Waals surface area contributed by atoms with E-state index >= 15 is 0 Å². The van der Waals surface area contributed by atoms with Gasteiger partial charge in [-0.1, -0.05) is 42.1 Å². The lowest BCUT2D eigenvalue weighted by molar-refractivity contribution is -0.119. The van der Waals surface area contributed by atoms with E-state index in [1.165, 1.54) is 11.8 Å². The van der Waals surface area contributed by atoms with Gasteiger partial charge < -0.3 is 15.2 Å². The Balaban J connectivity index is 1.70. The molecule has 172 valence electrons. The summed E-state index contributed by atoms with van der Waals surface area (Å²) in [6, 6.07) is 15.8. The minimum absolute atomic E-state index is 0.0342. The normalized spacial score (nSPS) is 16.3. The Bertz CT molecular complexity index is 1100. The number of amides is 3. The molecule has 1 aromatic heterocycles. The maximum absolute atomic E-state index is 12.8. The van der Waals surface area contributed by atoms with Gasteiger partial charge in [-0.2, -0.15) is 0 Å². The number of rotatable bonds is 8. The predicted octanol–water partition coefficient (Wildman–Crippen LogP) is 3.16. The summed E-state index contributed by atoms with van der Waals surface area (Å²) >= 11 is 1.21. The van der Waals surface area contributed by atoms with Crippen molar-refractivity contribution >= 4 is 23.7 Å². The van der Waals surface area contributed by atoms with Crippen molar-refractivity contribution in [3.63, 3.8) is 0 Å². The van der Waals surface area contributed by atoms with Crippen molar-refractivity contribution < 1.29 is 19.1 Å². The van der Waals surface area contributed by atoms with Crippen molar-refractivity contribution in [3.8, 4) is 17.1 Å². The number of ether oxygens (including phenoxy) is 2. The van der Waals surface area contributed by atoms with Crippen molar-refractivity contribution in [3.05, 3.63) is 60.2 Å². The Kier molecular flexibility index (Phi) is 7.26. The van der Waals surface area contributed by atoms with Crippen LogP contribution in [0.5, 0.6) is 5.75 Å². The molecule has 33 heavy (non-hydrogen) atoms. The van der Waals surface area contributed by atoms with E-state index < -0.39 is 17.2 Å². The topological polar surface area (TPSA) is 121 Å². The van der Waals surface area contributed by atoms with Gasteiger partial charge in [-0.3, -0.25) is 14.7 Å². The zero-order chi connectivity index (χ0) is 23.2. The average molecular weight is 468 g/mol. The van der Waals surface area contributed by atoms with Crippen LogP contribution in [0.4, 0.5) is 4.79 Å². The molecule has 0 spiro atoms. The third-order valence-electron chi connectivity index (χ3n) is 5.29. The number of carbonyl (C=O) groups excluding carboxylic acids is 2. The van der Waals surface area contributed by atoms with Gasteiger partial charge in [0, 0.05) is 12.2 Å². The molecule has 2 atom stereocenters. The Morgan fingerprint density at radius 1 is 1.21 bits per heavy atom. The average Bonchev–Trinajstić information content (AvgIpc) is 3.48. The fourth-order valence-corrected chi connectivity index (χ4v) is 4.73. The fourth-order valence-electron chi connectivity index (χ4n) is 3.68. The van der Waals surface area contributed by atoms with Crippen molar-refractivity contribution in [2.45, 2.75) is 35.9 Å². The maximum atomic E-state index is 12.8. The van der Waals surface area contributed by atoms with Crippen LogP contribution in [0.2, 0.25) is 0 Å². The first-order valence-electron chi connectivity index (χ1n) is 10.6. The third-order valence-corrected chi connectivity index (χ3v) is 6.52. The Hall–Kier alpha value is -3.37. The van der Waals surface area contributed by atoms with Gasteiger partial charge in [0.2, 0.25) is 5.91 Å². The van der Waals surface area contributed by atoms with Crippen molar-refractivity contribution in [2.24, 2.45) is 5.73 Å². The summed E-state index contributed by atoms with van der Waals surface area (Å²) in [4.78, 5) is 24.2. The van der Waals surface area contributed by atoms with Crippen LogP contribution in [0.1, 0.15) is 23.7 Å². The fraction of sp³-hybridized carbons (Fsp3) is 0.304. The number of thioether (sulfide) groups is 1. The number of benzene rings is 2. The monoisotopic (exact) mass is 467 g/mol. The minimum atomic E-state index is -0.902. The van der Waals surface area contributed by atoms with Gasteiger partial charge in [0.25, 0.3) is 0 Å². The number of nitrogens with zero attached hydrogens (tertiary/aromatic N) is 3. The van der Waals surface area contributed by atoms with Gasteiger partial charge in [-0.05, 0) is 42.7 Å². The number of nitrogens with one attached hydrogen (secondary N) is 1. The highest BCUT2D eigenvalue weighted by molar-refractivity contribution is 8.00. The molecule has 0 aliphatic carbocycles. The number of urea groups is 1.